The summed E-state index contributed by atoms with van der Waals surface area (Å²) in [4.78, 5) is 12.6. The number of ether oxygens (including phenoxy) is 1. The van der Waals surface area contributed by atoms with E-state index in [1.807, 2.05) is 11.8 Å². The number of hydrogen-bond donors (Lipinski definition) is 0. The highest BCUT2D eigenvalue weighted by atomic mass is 35.5. The Balaban J connectivity index is 1.94. The molecule has 1 aromatic rings. The molecule has 1 aromatic heterocycles. The van der Waals surface area contributed by atoms with Gasteiger partial charge in [0.15, 0.2) is 0 Å². The van der Waals surface area contributed by atoms with Gasteiger partial charge in [-0.15, -0.1) is 11.8 Å². The third-order valence-corrected chi connectivity index (χ3v) is 5.13. The molecule has 6 heteroatoms. The van der Waals surface area contributed by atoms with Crippen LogP contribution < -0.4 is 4.90 Å². The SMILES string of the molecule is CCCN(c1nc(Cl)nc2c1SCC2)C1CCOCC1. The Bertz CT molecular complexity index is 480. The second kappa shape index (κ2) is 6.50. The van der Waals surface area contributed by atoms with Crippen molar-refractivity contribution >= 4 is 29.2 Å². The summed E-state index contributed by atoms with van der Waals surface area (Å²) >= 11 is 7.99. The zero-order valence-electron chi connectivity index (χ0n) is 11.8. The Morgan fingerprint density at radius 2 is 2.15 bits per heavy atom. The van der Waals surface area contributed by atoms with Gasteiger partial charge in [0, 0.05) is 38.0 Å². The van der Waals surface area contributed by atoms with Crippen molar-refractivity contribution in [1.29, 1.82) is 0 Å². The lowest BCUT2D eigenvalue weighted by Crippen LogP contribution is -2.41. The van der Waals surface area contributed by atoms with Gasteiger partial charge in [-0.05, 0) is 30.9 Å². The summed E-state index contributed by atoms with van der Waals surface area (Å²) in [5.41, 5.74) is 1.12. The molecule has 0 saturated carbocycles. The first-order valence-electron chi connectivity index (χ1n) is 7.33. The van der Waals surface area contributed by atoms with Gasteiger partial charge in [0.25, 0.3) is 0 Å². The standard InChI is InChI=1S/C14H20ClN3OS/c1-2-6-18(10-3-7-19-8-4-10)13-12-11(5-9-20-12)16-14(15)17-13/h10H,2-9H2,1H3. The second-order valence-corrected chi connectivity index (χ2v) is 6.67. The molecule has 4 nitrogen and oxygen atoms in total. The zero-order valence-corrected chi connectivity index (χ0v) is 13.3. The van der Waals surface area contributed by atoms with E-state index in [-0.39, 0.29) is 0 Å². The van der Waals surface area contributed by atoms with Gasteiger partial charge < -0.3 is 9.64 Å². The van der Waals surface area contributed by atoms with Crippen LogP contribution in [0.3, 0.4) is 0 Å². The van der Waals surface area contributed by atoms with Crippen molar-refractivity contribution in [1.82, 2.24) is 9.97 Å². The molecule has 110 valence electrons. The molecule has 1 fully saturated rings. The van der Waals surface area contributed by atoms with Crippen LogP contribution in [0.4, 0.5) is 5.82 Å². The molecule has 0 radical (unpaired) electrons. The predicted octanol–water partition coefficient (Wildman–Crippen LogP) is 3.17. The van der Waals surface area contributed by atoms with Gasteiger partial charge in [0.2, 0.25) is 5.28 Å². The zero-order chi connectivity index (χ0) is 13.9. The van der Waals surface area contributed by atoms with Crippen LogP contribution in [0.2, 0.25) is 5.28 Å². The minimum atomic E-state index is 0.384. The van der Waals surface area contributed by atoms with Crippen molar-refractivity contribution in [3.05, 3.63) is 11.0 Å². The molecule has 1 saturated heterocycles. The average Bonchev–Trinajstić information content (AvgIpc) is 2.93. The van der Waals surface area contributed by atoms with Crippen molar-refractivity contribution in [2.45, 2.75) is 43.5 Å². The Labute approximate surface area is 129 Å². The summed E-state index contributed by atoms with van der Waals surface area (Å²) in [7, 11) is 0. The number of anilines is 1. The van der Waals surface area contributed by atoms with Crippen LogP contribution in [0.1, 0.15) is 31.9 Å². The summed E-state index contributed by atoms with van der Waals surface area (Å²) < 4.78 is 5.49. The summed E-state index contributed by atoms with van der Waals surface area (Å²) in [5, 5.41) is 0.384. The van der Waals surface area contributed by atoms with Crippen molar-refractivity contribution in [2.24, 2.45) is 0 Å². The fourth-order valence-electron chi connectivity index (χ4n) is 2.92. The van der Waals surface area contributed by atoms with Crippen LogP contribution in [0.5, 0.6) is 0 Å². The first-order chi connectivity index (χ1) is 9.79. The third-order valence-electron chi connectivity index (χ3n) is 3.84. The molecule has 0 spiro atoms. The lowest BCUT2D eigenvalue weighted by molar-refractivity contribution is 0.0841. The van der Waals surface area contributed by atoms with Crippen LogP contribution in [-0.4, -0.2) is 41.5 Å². The summed E-state index contributed by atoms with van der Waals surface area (Å²) in [6.07, 6.45) is 4.25. The van der Waals surface area contributed by atoms with E-state index in [1.165, 1.54) is 4.90 Å². The van der Waals surface area contributed by atoms with Gasteiger partial charge in [-0.2, -0.15) is 4.98 Å². The Kier molecular flexibility index (Phi) is 4.68. The molecule has 3 rings (SSSR count). The predicted molar refractivity (Wildman–Crippen MR) is 82.9 cm³/mol. The molecular formula is C14H20ClN3OS. The van der Waals surface area contributed by atoms with E-state index < -0.39 is 0 Å². The van der Waals surface area contributed by atoms with Crippen molar-refractivity contribution in [2.75, 3.05) is 30.4 Å². The number of thioether (sulfide) groups is 1. The number of nitrogens with zero attached hydrogens (tertiary/aromatic N) is 3. The summed E-state index contributed by atoms with van der Waals surface area (Å²) in [6, 6.07) is 0.514. The monoisotopic (exact) mass is 313 g/mol. The van der Waals surface area contributed by atoms with Gasteiger partial charge in [0.1, 0.15) is 5.82 Å². The molecule has 3 heterocycles. The number of halogens is 1. The van der Waals surface area contributed by atoms with E-state index in [2.05, 4.69) is 21.8 Å². The largest absolute Gasteiger partial charge is 0.381 e. The fourth-order valence-corrected chi connectivity index (χ4v) is 4.20. The van der Waals surface area contributed by atoms with Gasteiger partial charge in [-0.25, -0.2) is 4.98 Å². The molecule has 0 aromatic carbocycles. The lowest BCUT2D eigenvalue weighted by atomic mass is 10.1. The van der Waals surface area contributed by atoms with E-state index >= 15 is 0 Å². The minimum Gasteiger partial charge on any atom is -0.381 e. The highest BCUT2D eigenvalue weighted by Gasteiger charge is 2.28. The van der Waals surface area contributed by atoms with Gasteiger partial charge in [-0.3, -0.25) is 0 Å². The normalized spacial score (nSPS) is 19.1. The Hall–Kier alpha value is -0.520. The molecule has 0 unspecified atom stereocenters. The molecule has 0 bridgehead atoms. The molecular weight excluding hydrogens is 294 g/mol. The molecule has 20 heavy (non-hydrogen) atoms. The highest BCUT2D eigenvalue weighted by molar-refractivity contribution is 7.99. The number of aryl methyl sites for hydroxylation is 1. The summed E-state index contributed by atoms with van der Waals surface area (Å²) in [5.74, 6) is 2.14. The third kappa shape index (κ3) is 2.90. The number of aromatic nitrogens is 2. The van der Waals surface area contributed by atoms with Gasteiger partial charge >= 0.3 is 0 Å². The molecule has 0 N–H and O–H groups in total. The second-order valence-electron chi connectivity index (χ2n) is 5.23. The summed E-state index contributed by atoms with van der Waals surface area (Å²) in [6.45, 7) is 4.92. The van der Waals surface area contributed by atoms with Crippen molar-refractivity contribution in [3.63, 3.8) is 0 Å². The lowest BCUT2D eigenvalue weighted by Gasteiger charge is -2.35. The fraction of sp³-hybridized carbons (Fsp3) is 0.714. The quantitative estimate of drug-likeness (QED) is 0.798. The van der Waals surface area contributed by atoms with Crippen LogP contribution in [-0.2, 0) is 11.2 Å². The van der Waals surface area contributed by atoms with Crippen LogP contribution in [0.15, 0.2) is 4.90 Å². The highest BCUT2D eigenvalue weighted by Crippen LogP contribution is 2.39. The maximum atomic E-state index is 6.13. The van der Waals surface area contributed by atoms with E-state index in [9.17, 15) is 0 Å². The Morgan fingerprint density at radius 3 is 2.90 bits per heavy atom. The van der Waals surface area contributed by atoms with E-state index in [0.717, 1.165) is 62.7 Å². The molecule has 0 atom stereocenters. The van der Waals surface area contributed by atoms with Crippen molar-refractivity contribution < 1.29 is 4.74 Å². The molecule has 0 aliphatic carbocycles. The first-order valence-corrected chi connectivity index (χ1v) is 8.69. The minimum absolute atomic E-state index is 0.384. The van der Waals surface area contributed by atoms with Gasteiger partial charge in [0.05, 0.1) is 10.6 Å². The van der Waals surface area contributed by atoms with Gasteiger partial charge in [-0.1, -0.05) is 6.92 Å². The first kappa shape index (κ1) is 14.4. The van der Waals surface area contributed by atoms with Crippen LogP contribution >= 0.6 is 23.4 Å². The van der Waals surface area contributed by atoms with Crippen LogP contribution in [0.25, 0.3) is 0 Å². The topological polar surface area (TPSA) is 38.2 Å². The Morgan fingerprint density at radius 1 is 1.35 bits per heavy atom. The molecule has 2 aliphatic rings. The number of hydrogen-bond acceptors (Lipinski definition) is 5. The van der Waals surface area contributed by atoms with Crippen LogP contribution in [0, 0.1) is 0 Å². The maximum Gasteiger partial charge on any atom is 0.224 e. The number of rotatable bonds is 4. The molecule has 0 amide bonds. The van der Waals surface area contributed by atoms with E-state index in [0.29, 0.717) is 11.3 Å². The molecule has 2 aliphatic heterocycles. The maximum absolute atomic E-state index is 6.13. The van der Waals surface area contributed by atoms with Crippen molar-refractivity contribution in [3.8, 4) is 0 Å². The average molecular weight is 314 g/mol. The van der Waals surface area contributed by atoms with E-state index in [4.69, 9.17) is 16.3 Å². The van der Waals surface area contributed by atoms with E-state index in [1.54, 1.807) is 0 Å². The number of fused-ring (bicyclic) bond motifs is 1. The smallest absolute Gasteiger partial charge is 0.224 e.